The zero-order valence-electron chi connectivity index (χ0n) is 11.7. The van der Waals surface area contributed by atoms with Gasteiger partial charge in [-0.3, -0.25) is 0 Å². The molecular formula is C16H15F3N2. The van der Waals surface area contributed by atoms with Crippen LogP contribution in [0.1, 0.15) is 31.0 Å². The van der Waals surface area contributed by atoms with Crippen molar-refractivity contribution in [2.75, 3.05) is 0 Å². The largest absolute Gasteiger partial charge is 0.408 e. The van der Waals surface area contributed by atoms with Gasteiger partial charge >= 0.3 is 6.18 Å². The van der Waals surface area contributed by atoms with Crippen LogP contribution in [0.5, 0.6) is 0 Å². The Labute approximate surface area is 121 Å². The zero-order chi connectivity index (χ0) is 15.2. The summed E-state index contributed by atoms with van der Waals surface area (Å²) in [6.07, 6.45) is -1.52. The summed E-state index contributed by atoms with van der Waals surface area (Å²) in [5.41, 5.74) is 0.392. The second-order valence-electron chi connectivity index (χ2n) is 5.55. The number of alkyl halides is 3. The third kappa shape index (κ3) is 2.39. The summed E-state index contributed by atoms with van der Waals surface area (Å²) in [4.78, 5) is 3.05. The molecule has 0 bridgehead atoms. The van der Waals surface area contributed by atoms with Gasteiger partial charge < -0.3 is 4.57 Å². The van der Waals surface area contributed by atoms with Crippen LogP contribution in [0, 0.1) is 12.5 Å². The van der Waals surface area contributed by atoms with Crippen LogP contribution in [0.4, 0.5) is 18.9 Å². The first-order valence-corrected chi connectivity index (χ1v) is 7.05. The molecule has 2 aromatic rings. The van der Waals surface area contributed by atoms with E-state index in [0.717, 1.165) is 25.1 Å². The van der Waals surface area contributed by atoms with Crippen molar-refractivity contribution < 1.29 is 13.2 Å². The first-order chi connectivity index (χ1) is 9.95. The summed E-state index contributed by atoms with van der Waals surface area (Å²) in [6, 6.07) is 4.55. The van der Waals surface area contributed by atoms with E-state index in [1.807, 2.05) is 11.5 Å². The Kier molecular flexibility index (Phi) is 3.20. The van der Waals surface area contributed by atoms with E-state index >= 15 is 0 Å². The lowest BCUT2D eigenvalue weighted by molar-refractivity contribution is -0.135. The van der Waals surface area contributed by atoms with Crippen molar-refractivity contribution in [2.45, 2.75) is 38.9 Å². The van der Waals surface area contributed by atoms with Crippen LogP contribution in [0.2, 0.25) is 0 Å². The molecule has 0 saturated heterocycles. The Morgan fingerprint density at radius 1 is 1.33 bits per heavy atom. The molecular weight excluding hydrogens is 277 g/mol. The van der Waals surface area contributed by atoms with Gasteiger partial charge in [-0.05, 0) is 37.3 Å². The number of hydrogen-bond donors (Lipinski definition) is 0. The normalized spacial score (nSPS) is 15.4. The average Bonchev–Trinajstić information content (AvgIpc) is 3.17. The monoisotopic (exact) mass is 292 g/mol. The van der Waals surface area contributed by atoms with E-state index in [9.17, 15) is 13.2 Å². The minimum Gasteiger partial charge on any atom is -0.344 e. The molecule has 1 aliphatic rings. The van der Waals surface area contributed by atoms with Crippen LogP contribution in [0.3, 0.4) is 0 Å². The second kappa shape index (κ2) is 4.80. The number of fused-ring (bicyclic) bond motifs is 1. The van der Waals surface area contributed by atoms with Gasteiger partial charge in [-0.2, -0.15) is 13.2 Å². The molecule has 21 heavy (non-hydrogen) atoms. The molecule has 0 amide bonds. The predicted octanol–water partition coefficient (Wildman–Crippen LogP) is 5.18. The Morgan fingerprint density at radius 2 is 2.05 bits per heavy atom. The molecule has 1 heterocycles. The third-order valence-electron chi connectivity index (χ3n) is 4.05. The predicted molar refractivity (Wildman–Crippen MR) is 75.3 cm³/mol. The van der Waals surface area contributed by atoms with Crippen molar-refractivity contribution in [3.63, 3.8) is 0 Å². The molecule has 0 atom stereocenters. The maximum Gasteiger partial charge on any atom is 0.408 e. The summed E-state index contributed by atoms with van der Waals surface area (Å²) in [6.45, 7) is 9.71. The summed E-state index contributed by atoms with van der Waals surface area (Å²) < 4.78 is 42.0. The van der Waals surface area contributed by atoms with E-state index in [2.05, 4.69) is 4.85 Å². The topological polar surface area (TPSA) is 9.29 Å². The van der Waals surface area contributed by atoms with Gasteiger partial charge in [-0.25, -0.2) is 4.85 Å². The van der Waals surface area contributed by atoms with Gasteiger partial charge in [0, 0.05) is 23.1 Å². The number of hydrogen-bond acceptors (Lipinski definition) is 0. The number of benzene rings is 1. The molecule has 3 rings (SSSR count). The molecule has 0 aliphatic heterocycles. The lowest BCUT2D eigenvalue weighted by atomic mass is 10.1. The Morgan fingerprint density at radius 3 is 2.57 bits per heavy atom. The highest BCUT2D eigenvalue weighted by Crippen LogP contribution is 2.43. The lowest BCUT2D eigenvalue weighted by Crippen LogP contribution is -2.07. The van der Waals surface area contributed by atoms with Gasteiger partial charge in [0.25, 0.3) is 0 Å². The maximum absolute atomic E-state index is 13.3. The van der Waals surface area contributed by atoms with Crippen molar-refractivity contribution in [1.29, 1.82) is 0 Å². The molecule has 1 saturated carbocycles. The van der Waals surface area contributed by atoms with Crippen LogP contribution in [0.25, 0.3) is 15.7 Å². The minimum atomic E-state index is -4.50. The molecule has 5 heteroatoms. The molecule has 0 spiro atoms. The van der Waals surface area contributed by atoms with E-state index in [0.29, 0.717) is 17.9 Å². The van der Waals surface area contributed by atoms with Crippen LogP contribution in [0.15, 0.2) is 18.2 Å². The highest BCUT2D eigenvalue weighted by molar-refractivity contribution is 5.90. The van der Waals surface area contributed by atoms with Crippen LogP contribution in [-0.2, 0) is 19.1 Å². The van der Waals surface area contributed by atoms with Gasteiger partial charge in [0.15, 0.2) is 5.69 Å². The summed E-state index contributed by atoms with van der Waals surface area (Å²) >= 11 is 0. The molecule has 110 valence electrons. The highest BCUT2D eigenvalue weighted by Gasteiger charge is 2.36. The van der Waals surface area contributed by atoms with Crippen LogP contribution in [-0.4, -0.2) is 4.57 Å². The number of halogens is 3. The van der Waals surface area contributed by atoms with E-state index in [1.54, 1.807) is 12.1 Å². The van der Waals surface area contributed by atoms with Crippen LogP contribution < -0.4 is 0 Å². The van der Waals surface area contributed by atoms with Crippen molar-refractivity contribution >= 4 is 16.6 Å². The first-order valence-electron chi connectivity index (χ1n) is 7.05. The lowest BCUT2D eigenvalue weighted by Gasteiger charge is -2.12. The van der Waals surface area contributed by atoms with Gasteiger partial charge in [0.05, 0.1) is 12.1 Å². The van der Waals surface area contributed by atoms with Crippen LogP contribution >= 0.6 is 0 Å². The fraction of sp³-hybridized carbons (Fsp3) is 0.438. The molecule has 0 radical (unpaired) electrons. The maximum atomic E-state index is 13.3. The van der Waals surface area contributed by atoms with Crippen molar-refractivity contribution in [3.05, 3.63) is 40.9 Å². The van der Waals surface area contributed by atoms with E-state index in [4.69, 9.17) is 6.57 Å². The second-order valence-corrected chi connectivity index (χ2v) is 5.55. The van der Waals surface area contributed by atoms with Crippen molar-refractivity contribution in [1.82, 2.24) is 4.57 Å². The Bertz CT molecular complexity index is 731. The van der Waals surface area contributed by atoms with Gasteiger partial charge in [0.1, 0.15) is 0 Å². The molecule has 0 unspecified atom stereocenters. The van der Waals surface area contributed by atoms with E-state index in [1.165, 1.54) is 6.07 Å². The zero-order valence-corrected chi connectivity index (χ0v) is 11.7. The fourth-order valence-electron chi connectivity index (χ4n) is 2.84. The molecule has 1 fully saturated rings. The standard InChI is InChI=1S/C16H15F3N2/c1-3-11-8-12-14(21(11)9-10-4-5-10)7-6-13(20-2)15(12)16(17,18)19/h6-8,10H,3-5,9H2,1H3. The third-order valence-corrected chi connectivity index (χ3v) is 4.05. The molecule has 0 N–H and O–H groups in total. The molecule has 2 nitrogen and oxygen atoms in total. The summed E-state index contributed by atoms with van der Waals surface area (Å²) in [5.74, 6) is 0.584. The number of aromatic nitrogens is 1. The Balaban J connectivity index is 2.28. The smallest absolute Gasteiger partial charge is 0.344 e. The average molecular weight is 292 g/mol. The Hall–Kier alpha value is -1.96. The minimum absolute atomic E-state index is 0.161. The number of aryl methyl sites for hydroxylation is 1. The van der Waals surface area contributed by atoms with Crippen molar-refractivity contribution in [2.24, 2.45) is 5.92 Å². The molecule has 1 aromatic heterocycles. The quantitative estimate of drug-likeness (QED) is 0.689. The van der Waals surface area contributed by atoms with Gasteiger partial charge in [-0.15, -0.1) is 0 Å². The molecule has 1 aliphatic carbocycles. The number of nitrogens with zero attached hydrogens (tertiary/aromatic N) is 2. The van der Waals surface area contributed by atoms with Gasteiger partial charge in [0.2, 0.25) is 0 Å². The van der Waals surface area contributed by atoms with Crippen molar-refractivity contribution in [3.8, 4) is 0 Å². The van der Waals surface area contributed by atoms with E-state index in [-0.39, 0.29) is 11.1 Å². The van der Waals surface area contributed by atoms with Gasteiger partial charge in [-0.1, -0.05) is 13.0 Å². The summed E-state index contributed by atoms with van der Waals surface area (Å²) in [7, 11) is 0. The van der Waals surface area contributed by atoms with E-state index < -0.39 is 11.7 Å². The SMILES string of the molecule is [C-]#[N+]c1ccc2c(cc(CC)n2CC2CC2)c1C(F)(F)F. The fourth-order valence-corrected chi connectivity index (χ4v) is 2.84. The highest BCUT2D eigenvalue weighted by atomic mass is 19.4. The molecule has 1 aromatic carbocycles. The summed E-state index contributed by atoms with van der Waals surface area (Å²) in [5, 5.41) is 0.161. The first kappa shape index (κ1) is 14.0. The number of rotatable bonds is 3.